The van der Waals surface area contributed by atoms with Gasteiger partial charge in [0.05, 0.1) is 12.3 Å². The topological polar surface area (TPSA) is 68.6 Å². The summed E-state index contributed by atoms with van der Waals surface area (Å²) in [6.07, 6.45) is 4.73. The van der Waals surface area contributed by atoms with Gasteiger partial charge in [-0.25, -0.2) is 8.42 Å². The summed E-state index contributed by atoms with van der Waals surface area (Å²) < 4.78 is 35.5. The highest BCUT2D eigenvalue weighted by molar-refractivity contribution is 7.89. The molecule has 27 heavy (non-hydrogen) atoms. The number of aryl methyl sites for hydroxylation is 1. The molecular formula is C20H32N2O4S. The van der Waals surface area contributed by atoms with Crippen LogP contribution in [0.5, 0.6) is 0 Å². The third kappa shape index (κ3) is 3.49. The Morgan fingerprint density at radius 2 is 2.11 bits per heavy atom. The number of sulfonamides is 1. The predicted molar refractivity (Wildman–Crippen MR) is 105 cm³/mol. The zero-order valence-electron chi connectivity index (χ0n) is 16.9. The number of rotatable bonds is 9. The molecule has 1 aromatic rings. The zero-order valence-corrected chi connectivity index (χ0v) is 17.7. The van der Waals surface area contributed by atoms with Gasteiger partial charge in [-0.05, 0) is 42.7 Å². The van der Waals surface area contributed by atoms with E-state index in [4.69, 9.17) is 4.74 Å². The van der Waals surface area contributed by atoms with Crippen LogP contribution >= 0.6 is 0 Å². The molecule has 2 unspecified atom stereocenters. The number of methoxy groups -OCH3 is 1. The van der Waals surface area contributed by atoms with E-state index >= 15 is 0 Å². The lowest BCUT2D eigenvalue weighted by Crippen LogP contribution is -2.46. The number of ether oxygens (including phenoxy) is 1. The second kappa shape index (κ2) is 7.33. The number of aromatic nitrogens is 1. The third-order valence-electron chi connectivity index (χ3n) is 7.11. The Morgan fingerprint density at radius 3 is 2.63 bits per heavy atom. The SMILES string of the molecule is COCCCN(Cc1cccn1C)S(=O)(=O)CC12CCC(CC1=O)C2(C)C. The molecular weight excluding hydrogens is 364 g/mol. The smallest absolute Gasteiger partial charge is 0.215 e. The van der Waals surface area contributed by atoms with Gasteiger partial charge in [0.25, 0.3) is 0 Å². The first kappa shape index (κ1) is 20.6. The molecule has 2 bridgehead atoms. The number of fused-ring (bicyclic) bond motifs is 2. The van der Waals surface area contributed by atoms with Gasteiger partial charge in [-0.3, -0.25) is 4.79 Å². The molecule has 7 heteroatoms. The summed E-state index contributed by atoms with van der Waals surface area (Å²) in [6.45, 7) is 5.39. The van der Waals surface area contributed by atoms with Gasteiger partial charge in [-0.15, -0.1) is 0 Å². The summed E-state index contributed by atoms with van der Waals surface area (Å²) >= 11 is 0. The van der Waals surface area contributed by atoms with Gasteiger partial charge in [0.15, 0.2) is 0 Å². The van der Waals surface area contributed by atoms with Crippen LogP contribution in [0.15, 0.2) is 18.3 Å². The van der Waals surface area contributed by atoms with E-state index in [1.807, 2.05) is 29.9 Å². The molecule has 0 amide bonds. The summed E-state index contributed by atoms with van der Waals surface area (Å²) in [7, 11) is -0.0491. The Bertz CT molecular complexity index is 799. The van der Waals surface area contributed by atoms with Crippen molar-refractivity contribution < 1.29 is 17.9 Å². The Morgan fingerprint density at radius 1 is 1.37 bits per heavy atom. The number of Topliss-reactive ketones (excluding diaryl/α,β-unsaturated/α-hetero) is 1. The minimum absolute atomic E-state index is 0.0697. The fourth-order valence-electron chi connectivity index (χ4n) is 5.05. The van der Waals surface area contributed by atoms with Gasteiger partial charge in [0, 0.05) is 51.0 Å². The average molecular weight is 397 g/mol. The first-order chi connectivity index (χ1) is 12.6. The number of nitrogens with zero attached hydrogens (tertiary/aromatic N) is 2. The minimum Gasteiger partial charge on any atom is -0.385 e. The zero-order chi connectivity index (χ0) is 19.9. The normalized spacial score (nSPS) is 27.0. The Hall–Kier alpha value is -1.18. The molecule has 2 saturated carbocycles. The van der Waals surface area contributed by atoms with E-state index in [2.05, 4.69) is 13.8 Å². The molecule has 1 aromatic heterocycles. The number of carbonyl (C=O) groups excluding carboxylic acids is 1. The standard InChI is InChI=1S/C20H32N2O4S/c1-19(2)16-8-9-20(19,18(23)13-16)15-27(24,25)22(11-6-12-26-4)14-17-7-5-10-21(17)3/h5,7,10,16H,6,8-9,11-15H2,1-4H3. The van der Waals surface area contributed by atoms with Gasteiger partial charge < -0.3 is 9.30 Å². The molecule has 2 aliphatic carbocycles. The van der Waals surface area contributed by atoms with E-state index < -0.39 is 15.4 Å². The molecule has 0 radical (unpaired) electrons. The van der Waals surface area contributed by atoms with Crippen molar-refractivity contribution in [1.82, 2.24) is 8.87 Å². The Labute approximate surface area is 162 Å². The highest BCUT2D eigenvalue weighted by Gasteiger charge is 2.65. The van der Waals surface area contributed by atoms with E-state index in [-0.39, 0.29) is 17.0 Å². The second-order valence-electron chi connectivity index (χ2n) is 8.71. The maximum absolute atomic E-state index is 13.5. The van der Waals surface area contributed by atoms with E-state index in [1.165, 1.54) is 0 Å². The Balaban J connectivity index is 1.86. The predicted octanol–water partition coefficient (Wildman–Crippen LogP) is 2.59. The molecule has 0 saturated heterocycles. The van der Waals surface area contributed by atoms with Gasteiger partial charge in [-0.2, -0.15) is 4.31 Å². The maximum atomic E-state index is 13.5. The van der Waals surface area contributed by atoms with Crippen molar-refractivity contribution in [3.8, 4) is 0 Å². The van der Waals surface area contributed by atoms with Crippen molar-refractivity contribution >= 4 is 15.8 Å². The highest BCUT2D eigenvalue weighted by Crippen LogP contribution is 2.64. The van der Waals surface area contributed by atoms with Crippen molar-refractivity contribution in [2.45, 2.75) is 46.1 Å². The van der Waals surface area contributed by atoms with Gasteiger partial charge >= 0.3 is 0 Å². The van der Waals surface area contributed by atoms with Crippen LogP contribution in [0.1, 0.15) is 45.2 Å². The van der Waals surface area contributed by atoms with Gasteiger partial charge in [0.2, 0.25) is 10.0 Å². The average Bonchev–Trinajstić information content (AvgIpc) is 3.15. The first-order valence-corrected chi connectivity index (χ1v) is 11.4. The third-order valence-corrected chi connectivity index (χ3v) is 9.06. The van der Waals surface area contributed by atoms with Crippen LogP contribution in [-0.4, -0.2) is 49.1 Å². The molecule has 2 fully saturated rings. The van der Waals surface area contributed by atoms with Crippen molar-refractivity contribution in [3.63, 3.8) is 0 Å². The van der Waals surface area contributed by atoms with Crippen molar-refractivity contribution in [2.24, 2.45) is 23.8 Å². The molecule has 2 aliphatic rings. The molecule has 0 spiro atoms. The van der Waals surface area contributed by atoms with Crippen LogP contribution in [0.25, 0.3) is 0 Å². The fourth-order valence-corrected chi connectivity index (χ4v) is 7.27. The van der Waals surface area contributed by atoms with E-state index in [0.717, 1.165) is 12.1 Å². The summed E-state index contributed by atoms with van der Waals surface area (Å²) in [5, 5.41) is 0. The molecule has 2 atom stereocenters. The van der Waals surface area contributed by atoms with Crippen LogP contribution in [0.4, 0.5) is 0 Å². The van der Waals surface area contributed by atoms with Gasteiger partial charge in [0.1, 0.15) is 5.78 Å². The highest BCUT2D eigenvalue weighted by atomic mass is 32.2. The van der Waals surface area contributed by atoms with Crippen molar-refractivity contribution in [3.05, 3.63) is 24.0 Å². The lowest BCUT2D eigenvalue weighted by molar-refractivity contribution is -0.128. The summed E-state index contributed by atoms with van der Waals surface area (Å²) in [5.41, 5.74) is -0.0420. The van der Waals surface area contributed by atoms with E-state index in [9.17, 15) is 13.2 Å². The van der Waals surface area contributed by atoms with Gasteiger partial charge in [-0.1, -0.05) is 13.8 Å². The fraction of sp³-hybridized carbons (Fsp3) is 0.750. The Kier molecular flexibility index (Phi) is 5.58. The summed E-state index contributed by atoms with van der Waals surface area (Å²) in [6, 6.07) is 3.85. The van der Waals surface area contributed by atoms with Crippen LogP contribution in [0.2, 0.25) is 0 Å². The lowest BCUT2D eigenvalue weighted by Gasteiger charge is -2.37. The molecule has 0 N–H and O–H groups in total. The summed E-state index contributed by atoms with van der Waals surface area (Å²) in [4.78, 5) is 12.8. The number of hydrogen-bond acceptors (Lipinski definition) is 4. The molecule has 0 aliphatic heterocycles. The van der Waals surface area contributed by atoms with E-state index in [0.29, 0.717) is 44.9 Å². The maximum Gasteiger partial charge on any atom is 0.215 e. The molecule has 1 heterocycles. The molecule has 152 valence electrons. The number of ketones is 1. The van der Waals surface area contributed by atoms with E-state index in [1.54, 1.807) is 11.4 Å². The van der Waals surface area contributed by atoms with Crippen LogP contribution < -0.4 is 0 Å². The quantitative estimate of drug-likeness (QED) is 0.602. The number of hydrogen-bond donors (Lipinski definition) is 0. The summed E-state index contributed by atoms with van der Waals surface area (Å²) in [5.74, 6) is 0.387. The van der Waals surface area contributed by atoms with Crippen LogP contribution in [0.3, 0.4) is 0 Å². The van der Waals surface area contributed by atoms with Crippen molar-refractivity contribution in [2.75, 3.05) is 26.0 Å². The minimum atomic E-state index is -3.58. The molecule has 0 aromatic carbocycles. The molecule has 6 nitrogen and oxygen atoms in total. The number of carbonyl (C=O) groups is 1. The van der Waals surface area contributed by atoms with Crippen LogP contribution in [-0.2, 0) is 33.1 Å². The van der Waals surface area contributed by atoms with Crippen LogP contribution in [0, 0.1) is 16.7 Å². The van der Waals surface area contributed by atoms with Crippen molar-refractivity contribution in [1.29, 1.82) is 0 Å². The monoisotopic (exact) mass is 396 g/mol. The first-order valence-electron chi connectivity index (χ1n) is 9.74. The lowest BCUT2D eigenvalue weighted by atomic mass is 9.70. The largest absolute Gasteiger partial charge is 0.385 e. The molecule has 3 rings (SSSR count). The second-order valence-corrected chi connectivity index (χ2v) is 10.7.